The lowest BCUT2D eigenvalue weighted by Gasteiger charge is -2.07. The third-order valence-corrected chi connectivity index (χ3v) is 4.57. The van der Waals surface area contributed by atoms with Crippen molar-refractivity contribution in [1.29, 1.82) is 0 Å². The maximum atomic E-state index is 11.9. The van der Waals surface area contributed by atoms with Crippen LogP contribution >= 0.6 is 11.8 Å². The van der Waals surface area contributed by atoms with Crippen molar-refractivity contribution in [3.63, 3.8) is 0 Å². The van der Waals surface area contributed by atoms with Gasteiger partial charge >= 0.3 is 0 Å². The lowest BCUT2D eigenvalue weighted by molar-refractivity contribution is -0.118. The second-order valence-electron chi connectivity index (χ2n) is 5.51. The molecular weight excluding hydrogens is 348 g/mol. The number of rotatable bonds is 7. The summed E-state index contributed by atoms with van der Waals surface area (Å²) in [6, 6.07) is 20.4. The molecule has 0 saturated carbocycles. The van der Waals surface area contributed by atoms with E-state index in [-0.39, 0.29) is 17.6 Å². The van der Waals surface area contributed by atoms with Crippen molar-refractivity contribution in [2.45, 2.75) is 11.4 Å². The third-order valence-electron chi connectivity index (χ3n) is 3.56. The lowest BCUT2D eigenvalue weighted by Crippen LogP contribution is -2.24. The van der Waals surface area contributed by atoms with E-state index in [1.54, 1.807) is 24.3 Å². The molecule has 5 nitrogen and oxygen atoms in total. The summed E-state index contributed by atoms with van der Waals surface area (Å²) in [6.07, 6.45) is 1.46. The maximum Gasteiger partial charge on any atom is 0.291 e. The molecule has 0 radical (unpaired) electrons. The highest BCUT2D eigenvalue weighted by Crippen LogP contribution is 2.16. The first kappa shape index (κ1) is 17.8. The molecule has 3 aromatic rings. The number of anilines is 1. The second-order valence-corrected chi connectivity index (χ2v) is 6.56. The van der Waals surface area contributed by atoms with Gasteiger partial charge in [-0.3, -0.25) is 9.59 Å². The Morgan fingerprint density at radius 2 is 1.69 bits per heavy atom. The van der Waals surface area contributed by atoms with E-state index in [0.29, 0.717) is 18.0 Å². The van der Waals surface area contributed by atoms with E-state index in [1.165, 1.54) is 18.0 Å². The molecule has 0 fully saturated rings. The fourth-order valence-corrected chi connectivity index (χ4v) is 2.97. The molecule has 0 unspecified atom stereocenters. The zero-order chi connectivity index (χ0) is 18.2. The van der Waals surface area contributed by atoms with Crippen molar-refractivity contribution in [3.05, 3.63) is 84.3 Å². The standard InChI is InChI=1S/C20H18N2O3S/c23-19(14-26-17-5-2-1-3-6-17)21-13-15-8-10-16(11-9-15)22-20(24)18-7-4-12-25-18/h1-12H,13-14H2,(H,21,23)(H,22,24). The van der Waals surface area contributed by atoms with Gasteiger partial charge in [0.05, 0.1) is 12.0 Å². The Bertz CT molecular complexity index is 847. The van der Waals surface area contributed by atoms with Crippen LogP contribution in [0.3, 0.4) is 0 Å². The van der Waals surface area contributed by atoms with E-state index >= 15 is 0 Å². The van der Waals surface area contributed by atoms with Crippen molar-refractivity contribution in [2.24, 2.45) is 0 Å². The minimum atomic E-state index is -0.297. The van der Waals surface area contributed by atoms with Gasteiger partial charge in [-0.1, -0.05) is 30.3 Å². The highest BCUT2D eigenvalue weighted by atomic mass is 32.2. The Labute approximate surface area is 155 Å². The summed E-state index contributed by atoms with van der Waals surface area (Å²) in [4.78, 5) is 24.9. The smallest absolute Gasteiger partial charge is 0.291 e. The Kier molecular flexibility index (Phi) is 6.11. The normalized spacial score (nSPS) is 10.3. The minimum absolute atomic E-state index is 0.0194. The molecule has 0 aliphatic carbocycles. The van der Waals surface area contributed by atoms with Crippen LogP contribution in [0.5, 0.6) is 0 Å². The zero-order valence-electron chi connectivity index (χ0n) is 14.0. The van der Waals surface area contributed by atoms with Crippen LogP contribution in [0.1, 0.15) is 16.1 Å². The molecule has 6 heteroatoms. The van der Waals surface area contributed by atoms with E-state index in [4.69, 9.17) is 4.42 Å². The number of nitrogens with one attached hydrogen (secondary N) is 2. The van der Waals surface area contributed by atoms with Gasteiger partial charge in [0.1, 0.15) is 0 Å². The Hall–Kier alpha value is -2.99. The summed E-state index contributed by atoms with van der Waals surface area (Å²) in [6.45, 7) is 0.445. The predicted octanol–water partition coefficient (Wildman–Crippen LogP) is 3.94. The van der Waals surface area contributed by atoms with Crippen LogP contribution in [-0.2, 0) is 11.3 Å². The summed E-state index contributed by atoms with van der Waals surface area (Å²) in [7, 11) is 0. The van der Waals surface area contributed by atoms with E-state index in [0.717, 1.165) is 10.5 Å². The molecule has 0 atom stereocenters. The minimum Gasteiger partial charge on any atom is -0.459 e. The summed E-state index contributed by atoms with van der Waals surface area (Å²) in [5.41, 5.74) is 1.63. The molecule has 132 valence electrons. The van der Waals surface area contributed by atoms with E-state index in [2.05, 4.69) is 10.6 Å². The number of benzene rings is 2. The van der Waals surface area contributed by atoms with Gasteiger partial charge < -0.3 is 15.1 Å². The Morgan fingerprint density at radius 1 is 0.923 bits per heavy atom. The molecule has 1 heterocycles. The zero-order valence-corrected chi connectivity index (χ0v) is 14.8. The van der Waals surface area contributed by atoms with Crippen LogP contribution in [0.2, 0.25) is 0 Å². The van der Waals surface area contributed by atoms with Gasteiger partial charge in [-0.25, -0.2) is 0 Å². The van der Waals surface area contributed by atoms with Gasteiger partial charge in [-0.15, -0.1) is 11.8 Å². The van der Waals surface area contributed by atoms with E-state index < -0.39 is 0 Å². The molecular formula is C20H18N2O3S. The summed E-state index contributed by atoms with van der Waals surface area (Å²) in [5.74, 6) is 0.321. The highest BCUT2D eigenvalue weighted by molar-refractivity contribution is 8.00. The van der Waals surface area contributed by atoms with Crippen molar-refractivity contribution < 1.29 is 14.0 Å². The molecule has 0 aliphatic rings. The van der Waals surface area contributed by atoms with Crippen molar-refractivity contribution in [3.8, 4) is 0 Å². The van der Waals surface area contributed by atoms with Gasteiger partial charge in [-0.05, 0) is 42.0 Å². The number of carbonyl (C=O) groups excluding carboxylic acids is 2. The topological polar surface area (TPSA) is 71.3 Å². The average molecular weight is 366 g/mol. The van der Waals surface area contributed by atoms with E-state index in [9.17, 15) is 9.59 Å². The van der Waals surface area contributed by atoms with Crippen LogP contribution in [0.15, 0.2) is 82.3 Å². The first-order valence-electron chi connectivity index (χ1n) is 8.09. The fourth-order valence-electron chi connectivity index (χ4n) is 2.22. The summed E-state index contributed by atoms with van der Waals surface area (Å²) >= 11 is 1.50. The molecule has 1 aromatic heterocycles. The molecule has 3 rings (SSSR count). The fraction of sp³-hybridized carbons (Fsp3) is 0.100. The number of carbonyl (C=O) groups is 2. The van der Waals surface area contributed by atoms with Crippen molar-refractivity contribution in [2.75, 3.05) is 11.1 Å². The molecule has 2 aromatic carbocycles. The predicted molar refractivity (Wildman–Crippen MR) is 102 cm³/mol. The first-order chi connectivity index (χ1) is 12.7. The summed E-state index contributed by atoms with van der Waals surface area (Å²) in [5, 5.41) is 5.64. The number of hydrogen-bond donors (Lipinski definition) is 2. The Balaban J connectivity index is 1.44. The maximum absolute atomic E-state index is 11.9. The molecule has 0 saturated heterocycles. The van der Waals surface area contributed by atoms with E-state index in [1.807, 2.05) is 42.5 Å². The van der Waals surface area contributed by atoms with Crippen molar-refractivity contribution in [1.82, 2.24) is 5.32 Å². The lowest BCUT2D eigenvalue weighted by atomic mass is 10.2. The van der Waals surface area contributed by atoms with Crippen LogP contribution < -0.4 is 10.6 Å². The summed E-state index contributed by atoms with van der Waals surface area (Å²) < 4.78 is 5.05. The van der Waals surface area contributed by atoms with Crippen LogP contribution in [-0.4, -0.2) is 17.6 Å². The van der Waals surface area contributed by atoms with Crippen molar-refractivity contribution >= 4 is 29.3 Å². The van der Waals surface area contributed by atoms with Gasteiger partial charge in [0.15, 0.2) is 5.76 Å². The number of furan rings is 1. The number of hydrogen-bond acceptors (Lipinski definition) is 4. The van der Waals surface area contributed by atoms with Gasteiger partial charge in [0.2, 0.25) is 5.91 Å². The quantitative estimate of drug-likeness (QED) is 0.621. The first-order valence-corrected chi connectivity index (χ1v) is 9.07. The third kappa shape index (κ3) is 5.26. The molecule has 2 N–H and O–H groups in total. The highest BCUT2D eigenvalue weighted by Gasteiger charge is 2.08. The van der Waals surface area contributed by atoms with Crippen LogP contribution in [0, 0.1) is 0 Å². The number of amides is 2. The molecule has 0 spiro atoms. The van der Waals surface area contributed by atoms with Crippen LogP contribution in [0.25, 0.3) is 0 Å². The molecule has 2 amide bonds. The van der Waals surface area contributed by atoms with Gasteiger partial charge in [0.25, 0.3) is 5.91 Å². The SMILES string of the molecule is O=C(CSc1ccccc1)NCc1ccc(NC(=O)c2ccco2)cc1. The Morgan fingerprint density at radius 3 is 2.38 bits per heavy atom. The monoisotopic (exact) mass is 366 g/mol. The molecule has 0 aliphatic heterocycles. The largest absolute Gasteiger partial charge is 0.459 e. The van der Waals surface area contributed by atoms with Gasteiger partial charge in [-0.2, -0.15) is 0 Å². The number of thioether (sulfide) groups is 1. The molecule has 26 heavy (non-hydrogen) atoms. The second kappa shape index (κ2) is 8.92. The molecule has 0 bridgehead atoms. The van der Waals surface area contributed by atoms with Gasteiger partial charge in [0, 0.05) is 17.1 Å². The van der Waals surface area contributed by atoms with Crippen LogP contribution in [0.4, 0.5) is 5.69 Å². The average Bonchev–Trinajstić information content (AvgIpc) is 3.22.